The molecule has 20 heavy (non-hydrogen) atoms. The lowest BCUT2D eigenvalue weighted by Crippen LogP contribution is -2.16. The van der Waals surface area contributed by atoms with Gasteiger partial charge in [-0.25, -0.2) is 4.98 Å². The van der Waals surface area contributed by atoms with Crippen LogP contribution in [0.25, 0.3) is 0 Å². The first-order valence-corrected chi connectivity index (χ1v) is 5.65. The lowest BCUT2D eigenvalue weighted by Gasteiger charge is -2.15. The Morgan fingerprint density at radius 1 is 1.25 bits per heavy atom. The maximum Gasteiger partial charge on any atom is 0.433 e. The first-order chi connectivity index (χ1) is 9.25. The predicted octanol–water partition coefficient (Wildman–Crippen LogP) is 2.04. The normalized spacial score (nSPS) is 11.5. The summed E-state index contributed by atoms with van der Waals surface area (Å²) in [6.07, 6.45) is -1.45. The van der Waals surface area contributed by atoms with Gasteiger partial charge in [0, 0.05) is 33.4 Å². The molecule has 0 spiro atoms. The number of rotatable bonds is 3. The zero-order valence-corrected chi connectivity index (χ0v) is 11.1. The van der Waals surface area contributed by atoms with Crippen molar-refractivity contribution in [3.8, 4) is 0 Å². The van der Waals surface area contributed by atoms with E-state index in [0.717, 1.165) is 6.07 Å². The van der Waals surface area contributed by atoms with E-state index in [0.29, 0.717) is 5.69 Å². The summed E-state index contributed by atoms with van der Waals surface area (Å²) < 4.78 is 39.9. The van der Waals surface area contributed by atoms with Crippen molar-refractivity contribution < 1.29 is 13.2 Å². The second-order valence-corrected chi connectivity index (χ2v) is 4.35. The van der Waals surface area contributed by atoms with Gasteiger partial charge >= 0.3 is 6.18 Å². The van der Waals surface area contributed by atoms with Gasteiger partial charge in [0.2, 0.25) is 5.95 Å². The molecular weight excluding hydrogens is 273 g/mol. The Bertz CT molecular complexity index is 604. The van der Waals surface area contributed by atoms with Crippen LogP contribution in [0.15, 0.2) is 18.5 Å². The fourth-order valence-electron chi connectivity index (χ4n) is 1.48. The summed E-state index contributed by atoms with van der Waals surface area (Å²) in [6.45, 7) is 0. The summed E-state index contributed by atoms with van der Waals surface area (Å²) in [5, 5.41) is 6.61. The average Bonchev–Trinajstić information content (AvgIpc) is 2.73. The molecule has 2 aromatic heterocycles. The molecule has 108 valence electrons. The summed E-state index contributed by atoms with van der Waals surface area (Å²) >= 11 is 0. The van der Waals surface area contributed by atoms with Crippen molar-refractivity contribution in [2.45, 2.75) is 6.18 Å². The number of hydrogen-bond donors (Lipinski definition) is 1. The summed E-state index contributed by atoms with van der Waals surface area (Å²) in [7, 11) is 4.91. The molecule has 0 unspecified atom stereocenters. The predicted molar refractivity (Wildman–Crippen MR) is 67.9 cm³/mol. The molecular formula is C11H13F3N6. The van der Waals surface area contributed by atoms with Gasteiger partial charge in [-0.3, -0.25) is 4.68 Å². The zero-order chi connectivity index (χ0) is 14.9. The first kappa shape index (κ1) is 14.1. The van der Waals surface area contributed by atoms with Crippen molar-refractivity contribution in [2.24, 2.45) is 7.05 Å². The molecule has 0 aromatic carbocycles. The number of aromatic nitrogens is 4. The highest BCUT2D eigenvalue weighted by Gasteiger charge is 2.34. The molecule has 0 aliphatic heterocycles. The van der Waals surface area contributed by atoms with Crippen molar-refractivity contribution in [3.05, 3.63) is 24.2 Å². The number of nitrogens with one attached hydrogen (secondary N) is 1. The highest BCUT2D eigenvalue weighted by molar-refractivity contribution is 5.53. The molecule has 0 atom stereocenters. The lowest BCUT2D eigenvalue weighted by molar-refractivity contribution is -0.141. The van der Waals surface area contributed by atoms with Crippen LogP contribution < -0.4 is 10.2 Å². The molecule has 0 saturated carbocycles. The van der Waals surface area contributed by atoms with Crippen molar-refractivity contribution in [1.29, 1.82) is 0 Å². The Kier molecular flexibility index (Phi) is 3.51. The minimum atomic E-state index is -4.53. The minimum Gasteiger partial charge on any atom is -0.363 e. The van der Waals surface area contributed by atoms with Crippen LogP contribution in [0, 0.1) is 0 Å². The molecule has 0 saturated heterocycles. The molecule has 0 aliphatic rings. The smallest absolute Gasteiger partial charge is 0.363 e. The van der Waals surface area contributed by atoms with Crippen LogP contribution in [0.3, 0.4) is 0 Å². The molecule has 2 rings (SSSR count). The number of halogens is 3. The Balaban J connectivity index is 2.39. The summed E-state index contributed by atoms with van der Waals surface area (Å²) in [6, 6.07) is 0.897. The third kappa shape index (κ3) is 3.16. The highest BCUT2D eigenvalue weighted by atomic mass is 19.4. The van der Waals surface area contributed by atoms with E-state index in [-0.39, 0.29) is 11.8 Å². The van der Waals surface area contributed by atoms with E-state index < -0.39 is 11.9 Å². The van der Waals surface area contributed by atoms with Gasteiger partial charge in [-0.05, 0) is 0 Å². The second-order valence-electron chi connectivity index (χ2n) is 4.35. The Hall–Kier alpha value is -2.32. The van der Waals surface area contributed by atoms with Crippen LogP contribution in [0.1, 0.15) is 5.69 Å². The summed E-state index contributed by atoms with van der Waals surface area (Å²) in [4.78, 5) is 8.98. The van der Waals surface area contributed by atoms with Gasteiger partial charge < -0.3 is 10.2 Å². The summed E-state index contributed by atoms with van der Waals surface area (Å²) in [5.74, 6) is 0.0373. The number of anilines is 3. The first-order valence-electron chi connectivity index (χ1n) is 5.65. The maximum atomic E-state index is 12.8. The zero-order valence-electron chi connectivity index (χ0n) is 11.1. The van der Waals surface area contributed by atoms with E-state index in [2.05, 4.69) is 20.4 Å². The van der Waals surface area contributed by atoms with E-state index in [4.69, 9.17) is 0 Å². The third-order valence-corrected chi connectivity index (χ3v) is 2.42. The molecule has 1 N–H and O–H groups in total. The van der Waals surface area contributed by atoms with E-state index in [9.17, 15) is 13.2 Å². The highest BCUT2D eigenvalue weighted by Crippen LogP contribution is 2.30. The van der Waals surface area contributed by atoms with Crippen LogP contribution in [-0.2, 0) is 13.2 Å². The van der Waals surface area contributed by atoms with Crippen LogP contribution in [0.4, 0.5) is 30.6 Å². The molecule has 0 fully saturated rings. The SMILES string of the molecule is CN(C)c1cc(C(F)(F)F)nc(Nc2cnn(C)c2)n1. The molecule has 0 aliphatic carbocycles. The number of aryl methyl sites for hydroxylation is 1. The van der Waals surface area contributed by atoms with Crippen LogP contribution in [0.2, 0.25) is 0 Å². The molecule has 0 radical (unpaired) electrons. The summed E-state index contributed by atoms with van der Waals surface area (Å²) in [5.41, 5.74) is -0.487. The van der Waals surface area contributed by atoms with Gasteiger partial charge in [0.05, 0.1) is 11.9 Å². The van der Waals surface area contributed by atoms with Crippen molar-refractivity contribution >= 4 is 17.5 Å². The topological polar surface area (TPSA) is 58.9 Å². The quantitative estimate of drug-likeness (QED) is 0.935. The molecule has 0 amide bonds. The second kappa shape index (κ2) is 4.99. The minimum absolute atomic E-state index is 0.128. The average molecular weight is 286 g/mol. The molecule has 6 nitrogen and oxygen atoms in total. The van der Waals surface area contributed by atoms with Gasteiger partial charge in [0.15, 0.2) is 5.69 Å². The van der Waals surface area contributed by atoms with Crippen LogP contribution in [-0.4, -0.2) is 33.8 Å². The van der Waals surface area contributed by atoms with E-state index in [1.165, 1.54) is 15.8 Å². The number of alkyl halides is 3. The molecule has 2 aromatic rings. The van der Waals surface area contributed by atoms with Gasteiger partial charge in [-0.2, -0.15) is 23.3 Å². The van der Waals surface area contributed by atoms with E-state index in [1.807, 2.05) is 0 Å². The third-order valence-electron chi connectivity index (χ3n) is 2.42. The van der Waals surface area contributed by atoms with E-state index >= 15 is 0 Å². The van der Waals surface area contributed by atoms with Crippen molar-refractivity contribution in [1.82, 2.24) is 19.7 Å². The van der Waals surface area contributed by atoms with Gasteiger partial charge in [0.1, 0.15) is 5.82 Å². The van der Waals surface area contributed by atoms with Gasteiger partial charge in [0.25, 0.3) is 0 Å². The Morgan fingerprint density at radius 3 is 2.45 bits per heavy atom. The molecule has 2 heterocycles. The van der Waals surface area contributed by atoms with Gasteiger partial charge in [-0.1, -0.05) is 0 Å². The van der Waals surface area contributed by atoms with Crippen molar-refractivity contribution in [2.75, 3.05) is 24.3 Å². The Morgan fingerprint density at radius 2 is 1.95 bits per heavy atom. The van der Waals surface area contributed by atoms with Gasteiger partial charge in [-0.15, -0.1) is 0 Å². The van der Waals surface area contributed by atoms with Crippen LogP contribution >= 0.6 is 0 Å². The standard InChI is InChI=1S/C11H13F3N6/c1-19(2)9-4-8(11(12,13)14)17-10(18-9)16-7-5-15-20(3)6-7/h4-6H,1-3H3,(H,16,17,18). The fraction of sp³-hybridized carbons (Fsp3) is 0.364. The molecule has 9 heteroatoms. The largest absolute Gasteiger partial charge is 0.433 e. The lowest BCUT2D eigenvalue weighted by atomic mass is 10.3. The fourth-order valence-corrected chi connectivity index (χ4v) is 1.48. The van der Waals surface area contributed by atoms with E-state index in [1.54, 1.807) is 27.3 Å². The number of hydrogen-bond acceptors (Lipinski definition) is 5. The van der Waals surface area contributed by atoms with Crippen molar-refractivity contribution in [3.63, 3.8) is 0 Å². The number of nitrogens with zero attached hydrogens (tertiary/aromatic N) is 5. The molecule has 0 bridgehead atoms. The van der Waals surface area contributed by atoms with Crippen LogP contribution in [0.5, 0.6) is 0 Å². The Labute approximate surface area is 113 Å². The monoisotopic (exact) mass is 286 g/mol. The maximum absolute atomic E-state index is 12.8.